The molecule has 4 aliphatic rings. The van der Waals surface area contributed by atoms with E-state index in [0.717, 1.165) is 32.6 Å². The number of rotatable bonds is 7. The van der Waals surface area contributed by atoms with Crippen LogP contribution in [-0.2, 0) is 0 Å². The van der Waals surface area contributed by atoms with Crippen molar-refractivity contribution in [2.45, 2.75) is 101 Å². The number of nitrogens with zero attached hydrogens (tertiary/aromatic N) is 6. The van der Waals surface area contributed by atoms with Gasteiger partial charge in [-0.2, -0.15) is 0 Å². The van der Waals surface area contributed by atoms with E-state index in [1.807, 2.05) is 0 Å². The highest BCUT2D eigenvalue weighted by atomic mass is 15.5. The summed E-state index contributed by atoms with van der Waals surface area (Å²) in [4.78, 5) is 15.3. The molecule has 0 N–H and O–H groups in total. The smallest absolute Gasteiger partial charge is 0.111 e. The van der Waals surface area contributed by atoms with E-state index >= 15 is 0 Å². The van der Waals surface area contributed by atoms with Gasteiger partial charge in [0, 0.05) is 75.1 Å². The van der Waals surface area contributed by atoms with Crippen LogP contribution in [0, 0.1) is 0 Å². The Bertz CT molecular complexity index is 1010. The maximum absolute atomic E-state index is 2.71. The Morgan fingerprint density at radius 1 is 0.676 bits per heavy atom. The molecule has 0 bridgehead atoms. The van der Waals surface area contributed by atoms with Gasteiger partial charge in [0.05, 0.1) is 0 Å². The van der Waals surface area contributed by atoms with Gasteiger partial charge in [-0.3, -0.25) is 0 Å². The summed E-state index contributed by atoms with van der Waals surface area (Å²) in [5.41, 5.74) is 10.0. The van der Waals surface area contributed by atoms with E-state index in [1.54, 1.807) is 5.57 Å². The fourth-order valence-electron chi connectivity index (χ4n) is 6.49. The Morgan fingerprint density at radius 3 is 1.65 bits per heavy atom. The summed E-state index contributed by atoms with van der Waals surface area (Å²) >= 11 is 0. The van der Waals surface area contributed by atoms with E-state index < -0.39 is 0 Å². The summed E-state index contributed by atoms with van der Waals surface area (Å²) in [5, 5.41) is 0. The van der Waals surface area contributed by atoms with Gasteiger partial charge in [0.15, 0.2) is 0 Å². The molecule has 1 saturated heterocycles. The molecule has 37 heavy (non-hydrogen) atoms. The second kappa shape index (κ2) is 10.3. The van der Waals surface area contributed by atoms with Crippen LogP contribution in [0.5, 0.6) is 0 Å². The van der Waals surface area contributed by atoms with Crippen LogP contribution in [0.3, 0.4) is 0 Å². The molecule has 2 atom stereocenters. The van der Waals surface area contributed by atoms with Crippen LogP contribution in [0.25, 0.3) is 0 Å². The maximum Gasteiger partial charge on any atom is 0.111 e. The SMILES string of the molecule is CC/C(C)=C1\N(CCN2C(C)=C(C)N(C)C2=C(C)C)C(C)C(C)N1CCN1C(C)=C(C)N(C)C1=C1CC1. The lowest BCUT2D eigenvalue weighted by atomic mass is 10.1. The molecule has 0 aromatic carbocycles. The van der Waals surface area contributed by atoms with Crippen LogP contribution < -0.4 is 0 Å². The van der Waals surface area contributed by atoms with Gasteiger partial charge in [0.2, 0.25) is 0 Å². The van der Waals surface area contributed by atoms with Crippen molar-refractivity contribution in [1.29, 1.82) is 0 Å². The topological polar surface area (TPSA) is 19.4 Å². The quantitative estimate of drug-likeness (QED) is 0.400. The Balaban J connectivity index is 1.55. The van der Waals surface area contributed by atoms with Gasteiger partial charge >= 0.3 is 0 Å². The number of allylic oxidation sites excluding steroid dienone is 7. The first-order valence-corrected chi connectivity index (χ1v) is 14.4. The first-order chi connectivity index (χ1) is 17.4. The Morgan fingerprint density at radius 2 is 1.16 bits per heavy atom. The molecule has 0 amide bonds. The normalized spacial score (nSPS) is 25.8. The Hall–Kier alpha value is -2.50. The highest BCUT2D eigenvalue weighted by Crippen LogP contribution is 2.42. The van der Waals surface area contributed by atoms with Crippen molar-refractivity contribution >= 4 is 0 Å². The largest absolute Gasteiger partial charge is 0.352 e. The summed E-state index contributed by atoms with van der Waals surface area (Å²) < 4.78 is 0. The summed E-state index contributed by atoms with van der Waals surface area (Å²) in [7, 11) is 4.44. The van der Waals surface area contributed by atoms with Crippen LogP contribution >= 0.6 is 0 Å². The minimum absolute atomic E-state index is 0.484. The molecule has 2 fully saturated rings. The lowest BCUT2D eigenvalue weighted by molar-refractivity contribution is 0.253. The summed E-state index contributed by atoms with van der Waals surface area (Å²) in [6.45, 7) is 27.2. The van der Waals surface area contributed by atoms with E-state index in [2.05, 4.69) is 113 Å². The molecular formula is C31H52N6. The van der Waals surface area contributed by atoms with E-state index in [0.29, 0.717) is 12.1 Å². The molecule has 4 rings (SSSR count). The fraction of sp³-hybridized carbons (Fsp3) is 0.677. The zero-order valence-corrected chi connectivity index (χ0v) is 25.8. The average Bonchev–Trinajstić information content (AvgIpc) is 3.60. The van der Waals surface area contributed by atoms with Gasteiger partial charge in [0.1, 0.15) is 17.5 Å². The molecule has 0 radical (unpaired) electrons. The number of hydrogen-bond acceptors (Lipinski definition) is 6. The monoisotopic (exact) mass is 508 g/mol. The van der Waals surface area contributed by atoms with Gasteiger partial charge in [-0.25, -0.2) is 0 Å². The van der Waals surface area contributed by atoms with Crippen molar-refractivity contribution in [3.63, 3.8) is 0 Å². The lowest BCUT2D eigenvalue weighted by Crippen LogP contribution is -2.38. The highest BCUT2D eigenvalue weighted by Gasteiger charge is 2.40. The molecule has 0 aromatic heterocycles. The molecule has 0 aromatic rings. The molecule has 1 aliphatic carbocycles. The molecule has 6 heteroatoms. The molecule has 6 nitrogen and oxygen atoms in total. The van der Waals surface area contributed by atoms with Crippen LogP contribution in [-0.4, -0.2) is 81.8 Å². The Labute approximate surface area is 227 Å². The second-order valence-electron chi connectivity index (χ2n) is 11.8. The van der Waals surface area contributed by atoms with Crippen LogP contribution in [0.2, 0.25) is 0 Å². The van der Waals surface area contributed by atoms with Gasteiger partial charge in [-0.05, 0) is 98.3 Å². The van der Waals surface area contributed by atoms with Crippen LogP contribution in [0.1, 0.15) is 88.5 Å². The molecule has 3 heterocycles. The van der Waals surface area contributed by atoms with Crippen molar-refractivity contribution in [2.75, 3.05) is 40.3 Å². The summed E-state index contributed by atoms with van der Waals surface area (Å²) in [6.07, 6.45) is 3.61. The van der Waals surface area contributed by atoms with Crippen LogP contribution in [0.15, 0.2) is 57.0 Å². The van der Waals surface area contributed by atoms with Crippen molar-refractivity contribution in [3.8, 4) is 0 Å². The first-order valence-electron chi connectivity index (χ1n) is 14.4. The van der Waals surface area contributed by atoms with E-state index in [-0.39, 0.29) is 0 Å². The number of hydrogen-bond donors (Lipinski definition) is 0. The Kier molecular flexibility index (Phi) is 7.69. The molecule has 2 unspecified atom stereocenters. The standard InChI is InChI=1S/C31H52N6/c1-13-21(4)30-35(17-16-34-24(7)22(5)32(11)29(34)20(2)3)26(9)27(10)36(30)18-19-37-25(8)23(6)33(12)31(37)28-14-15-28/h26-27H,13-19H2,1-12H3/b30-21+. The van der Waals surface area contributed by atoms with Gasteiger partial charge in [-0.15, -0.1) is 0 Å². The van der Waals surface area contributed by atoms with Crippen LogP contribution in [0.4, 0.5) is 0 Å². The third-order valence-corrected chi connectivity index (χ3v) is 9.54. The predicted octanol–water partition coefficient (Wildman–Crippen LogP) is 6.28. The highest BCUT2D eigenvalue weighted by molar-refractivity contribution is 5.35. The summed E-state index contributed by atoms with van der Waals surface area (Å²) in [6, 6.07) is 0.972. The predicted molar refractivity (Wildman–Crippen MR) is 156 cm³/mol. The van der Waals surface area contributed by atoms with Crippen molar-refractivity contribution < 1.29 is 0 Å². The molecular weight excluding hydrogens is 456 g/mol. The zero-order valence-electron chi connectivity index (χ0n) is 25.8. The van der Waals surface area contributed by atoms with E-state index in [4.69, 9.17) is 0 Å². The van der Waals surface area contributed by atoms with E-state index in [1.165, 1.54) is 64.2 Å². The van der Waals surface area contributed by atoms with E-state index in [9.17, 15) is 0 Å². The van der Waals surface area contributed by atoms with Crippen molar-refractivity contribution in [2.24, 2.45) is 0 Å². The summed E-state index contributed by atoms with van der Waals surface area (Å²) in [5.74, 6) is 4.27. The minimum atomic E-state index is 0.484. The van der Waals surface area contributed by atoms with Crippen molar-refractivity contribution in [1.82, 2.24) is 29.4 Å². The maximum atomic E-state index is 2.71. The fourth-order valence-corrected chi connectivity index (χ4v) is 6.49. The van der Waals surface area contributed by atoms with Gasteiger partial charge in [0.25, 0.3) is 0 Å². The second-order valence-corrected chi connectivity index (χ2v) is 11.8. The molecule has 3 aliphatic heterocycles. The molecule has 206 valence electrons. The third-order valence-electron chi connectivity index (χ3n) is 9.54. The van der Waals surface area contributed by atoms with Gasteiger partial charge < -0.3 is 29.4 Å². The third kappa shape index (κ3) is 4.66. The van der Waals surface area contributed by atoms with Gasteiger partial charge in [-0.1, -0.05) is 6.92 Å². The van der Waals surface area contributed by atoms with Crippen molar-refractivity contribution in [3.05, 3.63) is 57.0 Å². The first kappa shape index (κ1) is 27.5. The molecule has 0 spiro atoms. The molecule has 1 saturated carbocycles. The minimum Gasteiger partial charge on any atom is -0.352 e. The average molecular weight is 509 g/mol. The lowest BCUT2D eigenvalue weighted by Gasteiger charge is -2.33. The zero-order chi connectivity index (χ0) is 27.3.